The molecule has 15 nitrogen and oxygen atoms in total. The molecular formula is C17H23N5O10. The Morgan fingerprint density at radius 2 is 1.91 bits per heavy atom. The molecule has 15 heteroatoms. The predicted octanol–water partition coefficient (Wildman–Crippen LogP) is -4.60. The number of rotatable bonds is 6. The molecule has 176 valence electrons. The summed E-state index contributed by atoms with van der Waals surface area (Å²) in [5.41, 5.74) is -1.06. The summed E-state index contributed by atoms with van der Waals surface area (Å²) in [6, 6.07) is 1.09. The lowest BCUT2D eigenvalue weighted by molar-refractivity contribution is -0.273. The molecular weight excluding hydrogens is 434 g/mol. The second kappa shape index (κ2) is 9.16. The molecule has 6 N–H and O–H groups in total. The molecule has 8 atom stereocenters. The molecule has 0 spiro atoms. The molecule has 2 saturated heterocycles. The maximum atomic E-state index is 11.9. The van der Waals surface area contributed by atoms with E-state index < -0.39 is 60.4 Å². The summed E-state index contributed by atoms with van der Waals surface area (Å²) in [6.45, 7) is -0.349. The van der Waals surface area contributed by atoms with Crippen LogP contribution in [0.3, 0.4) is 0 Å². The van der Waals surface area contributed by atoms with E-state index in [1.807, 2.05) is 4.98 Å². The van der Waals surface area contributed by atoms with Crippen molar-refractivity contribution in [1.82, 2.24) is 24.5 Å². The summed E-state index contributed by atoms with van der Waals surface area (Å²) < 4.78 is 18.4. The zero-order chi connectivity index (χ0) is 23.0. The van der Waals surface area contributed by atoms with Crippen molar-refractivity contribution in [1.29, 1.82) is 0 Å². The maximum Gasteiger partial charge on any atom is 0.330 e. The van der Waals surface area contributed by atoms with Crippen LogP contribution in [-0.4, -0.2) is 99.6 Å². The van der Waals surface area contributed by atoms with Crippen molar-refractivity contribution in [2.45, 2.75) is 62.3 Å². The van der Waals surface area contributed by atoms with Crippen LogP contribution in [0, 0.1) is 0 Å². The lowest BCUT2D eigenvalue weighted by Gasteiger charge is -2.34. The molecule has 0 radical (unpaired) electrons. The topological polar surface area (TPSA) is 214 Å². The average Bonchev–Trinajstić information content (AvgIpc) is 3.31. The molecule has 0 aromatic carbocycles. The van der Waals surface area contributed by atoms with Crippen LogP contribution in [0.5, 0.6) is 0 Å². The Bertz CT molecular complexity index is 1040. The molecule has 32 heavy (non-hydrogen) atoms. The molecule has 2 fully saturated rings. The molecule has 0 saturated carbocycles. The normalized spacial score (nSPS) is 35.3. The second-order valence-corrected chi connectivity index (χ2v) is 7.56. The highest BCUT2D eigenvalue weighted by molar-refractivity contribution is 4.95. The van der Waals surface area contributed by atoms with E-state index in [0.29, 0.717) is 5.69 Å². The van der Waals surface area contributed by atoms with Crippen molar-refractivity contribution in [2.75, 3.05) is 6.61 Å². The number of hydrogen-bond acceptors (Lipinski definition) is 12. The van der Waals surface area contributed by atoms with Gasteiger partial charge in [-0.05, 0) is 0 Å². The van der Waals surface area contributed by atoms with Gasteiger partial charge in [-0.25, -0.2) is 9.48 Å². The van der Waals surface area contributed by atoms with E-state index in [1.165, 1.54) is 10.9 Å². The van der Waals surface area contributed by atoms with E-state index in [1.54, 1.807) is 0 Å². The Balaban J connectivity index is 1.36. The Labute approximate surface area is 179 Å². The molecule has 2 aliphatic rings. The molecule has 0 bridgehead atoms. The molecule has 0 amide bonds. The van der Waals surface area contributed by atoms with Crippen LogP contribution in [0.1, 0.15) is 11.9 Å². The van der Waals surface area contributed by atoms with Crippen molar-refractivity contribution >= 4 is 0 Å². The number of nitrogens with zero attached hydrogens (tertiary/aromatic N) is 4. The van der Waals surface area contributed by atoms with Crippen LogP contribution in [0.4, 0.5) is 0 Å². The van der Waals surface area contributed by atoms with Gasteiger partial charge >= 0.3 is 5.69 Å². The summed E-state index contributed by atoms with van der Waals surface area (Å²) in [4.78, 5) is 25.2. The zero-order valence-corrected chi connectivity index (χ0v) is 16.5. The Morgan fingerprint density at radius 3 is 2.66 bits per heavy atom. The number of nitrogens with one attached hydrogen (secondary N) is 1. The number of aromatic amines is 1. The van der Waals surface area contributed by atoms with Crippen molar-refractivity contribution in [3.63, 3.8) is 0 Å². The average molecular weight is 457 g/mol. The van der Waals surface area contributed by atoms with Gasteiger partial charge in [-0.15, -0.1) is 5.10 Å². The summed E-state index contributed by atoms with van der Waals surface area (Å²) in [7, 11) is 0. The number of hydrogen-bond donors (Lipinski definition) is 6. The fourth-order valence-corrected chi connectivity index (χ4v) is 3.51. The molecule has 0 unspecified atom stereocenters. The fraction of sp³-hybridized carbons (Fsp3) is 0.647. The first-order valence-electron chi connectivity index (χ1n) is 9.74. The fourth-order valence-electron chi connectivity index (χ4n) is 3.51. The number of aliphatic hydroxyl groups excluding tert-OH is 5. The van der Waals surface area contributed by atoms with Gasteiger partial charge in [0.25, 0.3) is 5.56 Å². The summed E-state index contributed by atoms with van der Waals surface area (Å²) in [5.74, 6) is 0. The number of ether oxygens (including phenoxy) is 3. The third-order valence-electron chi connectivity index (χ3n) is 5.27. The quantitative estimate of drug-likeness (QED) is 0.242. The largest absolute Gasteiger partial charge is 0.388 e. The van der Waals surface area contributed by atoms with E-state index in [9.17, 15) is 35.1 Å². The highest BCUT2D eigenvalue weighted by atomic mass is 16.7. The zero-order valence-electron chi connectivity index (χ0n) is 16.5. The van der Waals surface area contributed by atoms with E-state index >= 15 is 0 Å². The van der Waals surface area contributed by atoms with Crippen LogP contribution in [-0.2, 0) is 27.4 Å². The van der Waals surface area contributed by atoms with E-state index in [-0.39, 0.29) is 19.8 Å². The first-order chi connectivity index (χ1) is 15.2. The maximum absolute atomic E-state index is 11.9. The van der Waals surface area contributed by atoms with Gasteiger partial charge < -0.3 is 39.7 Å². The lowest BCUT2D eigenvalue weighted by Crippen LogP contribution is -2.53. The number of aromatic nitrogens is 5. The van der Waals surface area contributed by atoms with Crippen LogP contribution in [0.25, 0.3) is 0 Å². The standard InChI is InChI=1S/C17H23N5O10/c23-8-6-31-16(14(28)11(8)25)30-5-7-3-21(20-19-7)4-9-12(26)13(27)15(32-9)22-2-1-10(24)18-17(22)29/h1-3,8-9,11-16,23,25-28H,4-6H2,(H,18,24,29)/t8-,9-,11+,12-,13-,14-,15-,16+/m1/s1. The second-order valence-electron chi connectivity index (χ2n) is 7.56. The first kappa shape index (κ1) is 22.7. The molecule has 0 aliphatic carbocycles. The highest BCUT2D eigenvalue weighted by Crippen LogP contribution is 2.29. The van der Waals surface area contributed by atoms with Gasteiger partial charge in [-0.3, -0.25) is 14.3 Å². The molecule has 2 aromatic rings. The van der Waals surface area contributed by atoms with E-state index in [0.717, 1.165) is 16.8 Å². The van der Waals surface area contributed by atoms with Gasteiger partial charge in [-0.2, -0.15) is 0 Å². The molecule has 4 rings (SSSR count). The van der Waals surface area contributed by atoms with Crippen molar-refractivity contribution in [3.05, 3.63) is 45.0 Å². The third-order valence-corrected chi connectivity index (χ3v) is 5.27. The van der Waals surface area contributed by atoms with E-state index in [2.05, 4.69) is 10.3 Å². The van der Waals surface area contributed by atoms with Gasteiger partial charge in [-0.1, -0.05) is 5.21 Å². The van der Waals surface area contributed by atoms with Crippen LogP contribution >= 0.6 is 0 Å². The Kier molecular flexibility index (Phi) is 6.50. The number of H-pyrrole nitrogens is 1. The minimum absolute atomic E-state index is 0.0205. The van der Waals surface area contributed by atoms with Gasteiger partial charge in [0, 0.05) is 12.3 Å². The highest BCUT2D eigenvalue weighted by Gasteiger charge is 2.44. The van der Waals surface area contributed by atoms with Gasteiger partial charge in [0.15, 0.2) is 12.5 Å². The van der Waals surface area contributed by atoms with Gasteiger partial charge in [0.1, 0.15) is 42.3 Å². The van der Waals surface area contributed by atoms with Crippen molar-refractivity contribution < 1.29 is 39.7 Å². The molecule has 2 aromatic heterocycles. The molecule has 2 aliphatic heterocycles. The third kappa shape index (κ3) is 4.50. The lowest BCUT2D eigenvalue weighted by atomic mass is 10.1. The smallest absolute Gasteiger partial charge is 0.330 e. The van der Waals surface area contributed by atoms with Gasteiger partial charge in [0.05, 0.1) is 26.0 Å². The van der Waals surface area contributed by atoms with Crippen LogP contribution in [0.2, 0.25) is 0 Å². The van der Waals surface area contributed by atoms with Gasteiger partial charge in [0.2, 0.25) is 0 Å². The number of aliphatic hydroxyl groups is 5. The van der Waals surface area contributed by atoms with Crippen molar-refractivity contribution in [2.24, 2.45) is 0 Å². The summed E-state index contributed by atoms with van der Waals surface area (Å²) in [6.07, 6.45) is -7.51. The SMILES string of the molecule is O=c1ccn([C@@H]2O[C@H](Cn3cc(CO[C@H]4OC[C@@H](O)[C@H](O)[C@H]4O)nn3)[C@@H](O)[C@H]2O)c(=O)[nH]1. The van der Waals surface area contributed by atoms with Crippen LogP contribution < -0.4 is 11.2 Å². The molecule has 4 heterocycles. The predicted molar refractivity (Wildman–Crippen MR) is 99.8 cm³/mol. The van der Waals surface area contributed by atoms with Crippen molar-refractivity contribution in [3.8, 4) is 0 Å². The summed E-state index contributed by atoms with van der Waals surface area (Å²) in [5, 5.41) is 57.4. The minimum atomic E-state index is -1.44. The monoisotopic (exact) mass is 457 g/mol. The Hall–Kier alpha value is -2.50. The summed E-state index contributed by atoms with van der Waals surface area (Å²) >= 11 is 0. The van der Waals surface area contributed by atoms with E-state index in [4.69, 9.17) is 14.2 Å². The van der Waals surface area contributed by atoms with Crippen LogP contribution in [0.15, 0.2) is 28.0 Å². The Morgan fingerprint density at radius 1 is 1.12 bits per heavy atom. The minimum Gasteiger partial charge on any atom is -0.388 e. The first-order valence-corrected chi connectivity index (χ1v) is 9.74.